The van der Waals surface area contributed by atoms with Crippen molar-refractivity contribution in [1.29, 1.82) is 0 Å². The highest BCUT2D eigenvalue weighted by molar-refractivity contribution is 6.09. The molecule has 0 aromatic heterocycles. The molecule has 2 fully saturated rings. The lowest BCUT2D eigenvalue weighted by molar-refractivity contribution is -0.152. The lowest BCUT2D eigenvalue weighted by Gasteiger charge is -2.28. The zero-order chi connectivity index (χ0) is 15.4. The van der Waals surface area contributed by atoms with Crippen LogP contribution in [0.2, 0.25) is 0 Å². The minimum Gasteiger partial charge on any atom is -0.468 e. The van der Waals surface area contributed by atoms with E-state index in [0.29, 0.717) is 0 Å². The van der Waals surface area contributed by atoms with E-state index in [1.165, 1.54) is 14.2 Å². The number of esters is 1. The van der Waals surface area contributed by atoms with Crippen LogP contribution >= 0.6 is 0 Å². The fraction of sp³-hybridized carbons (Fsp3) is 0.533. The van der Waals surface area contributed by atoms with Crippen LogP contribution in [0.25, 0.3) is 0 Å². The molecule has 0 aromatic rings. The number of fused-ring (bicyclic) bond motifs is 1. The zero-order valence-electron chi connectivity index (χ0n) is 12.2. The molecule has 1 aliphatic carbocycles. The van der Waals surface area contributed by atoms with Crippen LogP contribution in [0.1, 0.15) is 6.92 Å². The van der Waals surface area contributed by atoms with Crippen molar-refractivity contribution >= 4 is 17.8 Å². The first-order valence-electron chi connectivity index (χ1n) is 6.94. The SMILES string of the molecule is COC(=O)C1(C)NC(C2C=CC=C2)C2C(=O)N(C)C(=O)C21. The van der Waals surface area contributed by atoms with Gasteiger partial charge in [0.1, 0.15) is 5.54 Å². The van der Waals surface area contributed by atoms with E-state index >= 15 is 0 Å². The van der Waals surface area contributed by atoms with Crippen LogP contribution in [-0.4, -0.2) is 48.4 Å². The Morgan fingerprint density at radius 3 is 2.48 bits per heavy atom. The second-order valence-electron chi connectivity index (χ2n) is 5.95. The third-order valence-corrected chi connectivity index (χ3v) is 4.85. The van der Waals surface area contributed by atoms with Crippen molar-refractivity contribution in [2.45, 2.75) is 18.5 Å². The summed E-state index contributed by atoms with van der Waals surface area (Å²) in [7, 11) is 2.76. The fourth-order valence-electron chi connectivity index (χ4n) is 3.75. The van der Waals surface area contributed by atoms with Gasteiger partial charge in [0.2, 0.25) is 11.8 Å². The molecule has 0 saturated carbocycles. The summed E-state index contributed by atoms with van der Waals surface area (Å²) in [4.78, 5) is 38.2. The molecule has 3 rings (SSSR count). The number of nitrogens with zero attached hydrogens (tertiary/aromatic N) is 1. The van der Waals surface area contributed by atoms with E-state index in [0.717, 1.165) is 4.90 Å². The van der Waals surface area contributed by atoms with Crippen LogP contribution < -0.4 is 5.32 Å². The molecule has 0 spiro atoms. The van der Waals surface area contributed by atoms with Crippen molar-refractivity contribution in [3.05, 3.63) is 24.3 Å². The van der Waals surface area contributed by atoms with E-state index in [2.05, 4.69) is 5.32 Å². The molecular weight excluding hydrogens is 272 g/mol. The molecule has 112 valence electrons. The number of carbonyl (C=O) groups excluding carboxylic acids is 3. The van der Waals surface area contributed by atoms with Gasteiger partial charge in [-0.3, -0.25) is 24.6 Å². The van der Waals surface area contributed by atoms with Gasteiger partial charge in [0.25, 0.3) is 0 Å². The third kappa shape index (κ3) is 1.72. The quantitative estimate of drug-likeness (QED) is 0.566. The highest BCUT2D eigenvalue weighted by Gasteiger charge is 2.66. The van der Waals surface area contributed by atoms with Gasteiger partial charge < -0.3 is 4.74 Å². The molecule has 6 heteroatoms. The van der Waals surface area contributed by atoms with Crippen molar-refractivity contribution in [2.75, 3.05) is 14.2 Å². The molecule has 2 saturated heterocycles. The molecule has 4 atom stereocenters. The number of likely N-dealkylation sites (tertiary alicyclic amines) is 1. The number of nitrogens with one attached hydrogen (secondary N) is 1. The summed E-state index contributed by atoms with van der Waals surface area (Å²) >= 11 is 0. The molecule has 2 amide bonds. The van der Waals surface area contributed by atoms with E-state index in [-0.39, 0.29) is 23.8 Å². The summed E-state index contributed by atoms with van der Waals surface area (Å²) in [6, 6.07) is -0.282. The Hall–Kier alpha value is -1.95. The summed E-state index contributed by atoms with van der Waals surface area (Å²) in [6.45, 7) is 1.64. The number of imide groups is 1. The smallest absolute Gasteiger partial charge is 0.326 e. The van der Waals surface area contributed by atoms with Crippen molar-refractivity contribution in [2.24, 2.45) is 17.8 Å². The second kappa shape index (κ2) is 4.53. The Bertz CT molecular complexity index is 570. The molecule has 6 nitrogen and oxygen atoms in total. The summed E-state index contributed by atoms with van der Waals surface area (Å²) in [5, 5.41) is 3.20. The van der Waals surface area contributed by atoms with Crippen molar-refractivity contribution < 1.29 is 19.1 Å². The Morgan fingerprint density at radius 1 is 1.29 bits per heavy atom. The van der Waals surface area contributed by atoms with Gasteiger partial charge in [-0.25, -0.2) is 0 Å². The van der Waals surface area contributed by atoms with Crippen LogP contribution in [-0.2, 0) is 19.1 Å². The first-order chi connectivity index (χ1) is 9.91. The number of hydrogen-bond donors (Lipinski definition) is 1. The Kier molecular flexibility index (Phi) is 3.02. The molecule has 3 aliphatic rings. The molecule has 2 aliphatic heterocycles. The van der Waals surface area contributed by atoms with E-state index in [9.17, 15) is 14.4 Å². The lowest BCUT2D eigenvalue weighted by Crippen LogP contribution is -2.55. The Balaban J connectivity index is 2.05. The van der Waals surface area contributed by atoms with Crippen molar-refractivity contribution in [1.82, 2.24) is 10.2 Å². The van der Waals surface area contributed by atoms with Gasteiger partial charge >= 0.3 is 5.97 Å². The summed E-state index contributed by atoms with van der Waals surface area (Å²) in [5.41, 5.74) is -1.17. The molecule has 21 heavy (non-hydrogen) atoms. The number of rotatable bonds is 2. The van der Waals surface area contributed by atoms with Gasteiger partial charge in [-0.05, 0) is 6.92 Å². The molecule has 2 heterocycles. The van der Waals surface area contributed by atoms with Crippen LogP contribution in [0.3, 0.4) is 0 Å². The van der Waals surface area contributed by atoms with Crippen LogP contribution in [0.4, 0.5) is 0 Å². The van der Waals surface area contributed by atoms with Crippen LogP contribution in [0.15, 0.2) is 24.3 Å². The minimum absolute atomic E-state index is 0.00719. The molecule has 0 radical (unpaired) electrons. The van der Waals surface area contributed by atoms with Gasteiger partial charge in [0, 0.05) is 19.0 Å². The first kappa shape index (κ1) is 14.0. The molecule has 0 aromatic carbocycles. The fourth-order valence-corrected chi connectivity index (χ4v) is 3.75. The van der Waals surface area contributed by atoms with Gasteiger partial charge in [0.05, 0.1) is 18.9 Å². The largest absolute Gasteiger partial charge is 0.468 e. The van der Waals surface area contributed by atoms with Crippen molar-refractivity contribution in [3.8, 4) is 0 Å². The normalized spacial score (nSPS) is 38.4. The average molecular weight is 290 g/mol. The number of carbonyl (C=O) groups is 3. The highest BCUT2D eigenvalue weighted by atomic mass is 16.5. The van der Waals surface area contributed by atoms with Gasteiger partial charge in [-0.2, -0.15) is 0 Å². The first-order valence-corrected chi connectivity index (χ1v) is 6.94. The monoisotopic (exact) mass is 290 g/mol. The Labute approximate surface area is 122 Å². The van der Waals surface area contributed by atoms with Crippen molar-refractivity contribution in [3.63, 3.8) is 0 Å². The summed E-state index contributed by atoms with van der Waals surface area (Å²) in [6.07, 6.45) is 7.74. The maximum atomic E-state index is 12.4. The molecule has 4 unspecified atom stereocenters. The number of hydrogen-bond acceptors (Lipinski definition) is 5. The highest BCUT2D eigenvalue weighted by Crippen LogP contribution is 2.45. The lowest BCUT2D eigenvalue weighted by atomic mass is 9.79. The summed E-state index contributed by atoms with van der Waals surface area (Å²) in [5.74, 6) is -2.32. The zero-order valence-corrected chi connectivity index (χ0v) is 12.2. The molecule has 0 bridgehead atoms. The Morgan fingerprint density at radius 2 is 1.90 bits per heavy atom. The topological polar surface area (TPSA) is 75.7 Å². The number of allylic oxidation sites excluding steroid dienone is 2. The number of amides is 2. The van der Waals surface area contributed by atoms with Gasteiger partial charge in [-0.1, -0.05) is 24.3 Å². The van der Waals surface area contributed by atoms with Gasteiger partial charge in [0.15, 0.2) is 0 Å². The predicted octanol–water partition coefficient (Wildman–Crippen LogP) is -0.137. The van der Waals surface area contributed by atoms with E-state index < -0.39 is 23.3 Å². The number of methoxy groups -OCH3 is 1. The standard InChI is InChI=1S/C15H18N2O4/c1-15(14(20)21-3)10-9(12(18)17(2)13(10)19)11(16-15)8-6-4-5-7-8/h4-11,16H,1-3H3. The van der Waals surface area contributed by atoms with E-state index in [1.54, 1.807) is 6.92 Å². The number of ether oxygens (including phenoxy) is 1. The molecule has 1 N–H and O–H groups in total. The van der Waals surface area contributed by atoms with Crippen LogP contribution in [0.5, 0.6) is 0 Å². The maximum absolute atomic E-state index is 12.4. The maximum Gasteiger partial charge on any atom is 0.326 e. The predicted molar refractivity (Wildman–Crippen MR) is 73.9 cm³/mol. The molecular formula is C15H18N2O4. The third-order valence-electron chi connectivity index (χ3n) is 4.85. The van der Waals surface area contributed by atoms with Gasteiger partial charge in [-0.15, -0.1) is 0 Å². The summed E-state index contributed by atoms with van der Waals surface area (Å²) < 4.78 is 4.86. The average Bonchev–Trinajstić information content (AvgIpc) is 3.14. The van der Waals surface area contributed by atoms with E-state index in [1.807, 2.05) is 24.3 Å². The van der Waals surface area contributed by atoms with E-state index in [4.69, 9.17) is 4.74 Å². The minimum atomic E-state index is -1.17. The van der Waals surface area contributed by atoms with Crippen LogP contribution in [0, 0.1) is 17.8 Å². The second-order valence-corrected chi connectivity index (χ2v) is 5.95.